The summed E-state index contributed by atoms with van der Waals surface area (Å²) in [7, 11) is 0. The second-order valence-electron chi connectivity index (χ2n) is 4.95. The molecule has 1 saturated heterocycles. The first-order valence-corrected chi connectivity index (χ1v) is 6.43. The van der Waals surface area contributed by atoms with Gasteiger partial charge in [-0.05, 0) is 12.1 Å². The molecule has 1 aromatic rings. The van der Waals surface area contributed by atoms with Crippen molar-refractivity contribution in [1.29, 1.82) is 0 Å². The number of nitrogens with zero attached hydrogens (tertiary/aromatic N) is 2. The van der Waals surface area contributed by atoms with E-state index in [2.05, 4.69) is 10.2 Å². The lowest BCUT2D eigenvalue weighted by Crippen LogP contribution is -2.61. The fraction of sp³-hybridized carbons (Fsp3) is 0.462. The van der Waals surface area contributed by atoms with Gasteiger partial charge in [-0.1, -0.05) is 12.1 Å². The second kappa shape index (κ2) is 4.66. The smallest absolute Gasteiger partial charge is 0.363 e. The molecule has 1 N–H and O–H groups in total. The topological polar surface area (TPSA) is 35.6 Å². The van der Waals surface area contributed by atoms with Crippen LogP contribution in [0.1, 0.15) is 0 Å². The van der Waals surface area contributed by atoms with Gasteiger partial charge >= 0.3 is 12.1 Å². The van der Waals surface area contributed by atoms with Crippen molar-refractivity contribution in [3.63, 3.8) is 0 Å². The van der Waals surface area contributed by atoms with Crippen LogP contribution < -0.4 is 15.1 Å². The molecule has 1 amide bonds. The highest BCUT2D eigenvalue weighted by atomic mass is 19.4. The van der Waals surface area contributed by atoms with E-state index in [-0.39, 0.29) is 12.6 Å². The molecule has 1 aromatic carbocycles. The van der Waals surface area contributed by atoms with E-state index in [1.807, 2.05) is 0 Å². The standard InChI is InChI=1S/C13H14F3N3O/c14-13(15,16)12(20)19-8-9-7-17-5-6-18(9)10-3-1-2-4-11(10)19/h1-4,9,17H,5-8H2. The predicted octanol–water partition coefficient (Wildman–Crippen LogP) is 1.37. The van der Waals surface area contributed by atoms with E-state index in [1.54, 1.807) is 24.3 Å². The maximum absolute atomic E-state index is 12.7. The number of carbonyl (C=O) groups excluding carboxylic acids is 1. The Balaban J connectivity index is 2.02. The Bertz CT molecular complexity index is 532. The highest BCUT2D eigenvalue weighted by molar-refractivity contribution is 6.01. The Kier molecular flexibility index (Phi) is 3.08. The van der Waals surface area contributed by atoms with Gasteiger partial charge in [-0.25, -0.2) is 0 Å². The first-order chi connectivity index (χ1) is 9.48. The van der Waals surface area contributed by atoms with Crippen LogP contribution >= 0.6 is 0 Å². The molecule has 2 aliphatic heterocycles. The molecule has 20 heavy (non-hydrogen) atoms. The molecule has 1 fully saturated rings. The third-order valence-electron chi connectivity index (χ3n) is 3.71. The van der Waals surface area contributed by atoms with E-state index in [9.17, 15) is 18.0 Å². The largest absolute Gasteiger partial charge is 0.471 e. The average molecular weight is 285 g/mol. The summed E-state index contributed by atoms with van der Waals surface area (Å²) in [5, 5.41) is 3.15. The number of alkyl halides is 3. The molecule has 0 spiro atoms. The third-order valence-corrected chi connectivity index (χ3v) is 3.71. The van der Waals surface area contributed by atoms with Crippen molar-refractivity contribution in [3.8, 4) is 0 Å². The van der Waals surface area contributed by atoms with Crippen molar-refractivity contribution in [2.24, 2.45) is 0 Å². The number of carbonyl (C=O) groups is 1. The number of fused-ring (bicyclic) bond motifs is 3. The fourth-order valence-electron chi connectivity index (χ4n) is 2.83. The molecule has 0 aliphatic carbocycles. The molecule has 1 atom stereocenters. The molecule has 0 radical (unpaired) electrons. The number of anilines is 2. The second-order valence-corrected chi connectivity index (χ2v) is 4.95. The van der Waals surface area contributed by atoms with Crippen molar-refractivity contribution < 1.29 is 18.0 Å². The van der Waals surface area contributed by atoms with Gasteiger partial charge in [0.15, 0.2) is 0 Å². The van der Waals surface area contributed by atoms with Crippen molar-refractivity contribution in [3.05, 3.63) is 24.3 Å². The number of benzene rings is 1. The van der Waals surface area contributed by atoms with Gasteiger partial charge in [-0.15, -0.1) is 0 Å². The Morgan fingerprint density at radius 2 is 1.95 bits per heavy atom. The number of nitrogens with one attached hydrogen (secondary N) is 1. The maximum atomic E-state index is 12.7. The zero-order chi connectivity index (χ0) is 14.3. The molecule has 0 aromatic heterocycles. The summed E-state index contributed by atoms with van der Waals surface area (Å²) in [6, 6.07) is 6.64. The van der Waals surface area contributed by atoms with Crippen LogP contribution in [0.4, 0.5) is 24.5 Å². The SMILES string of the molecule is O=C(N1CC2CNCCN2c2ccccc21)C(F)(F)F. The van der Waals surface area contributed by atoms with Gasteiger partial charge in [0.2, 0.25) is 0 Å². The van der Waals surface area contributed by atoms with Crippen LogP contribution in [0.25, 0.3) is 0 Å². The van der Waals surface area contributed by atoms with Crippen LogP contribution in [0.3, 0.4) is 0 Å². The molecule has 2 aliphatic rings. The van der Waals surface area contributed by atoms with Gasteiger partial charge in [0.1, 0.15) is 0 Å². The summed E-state index contributed by atoms with van der Waals surface area (Å²) in [6.45, 7) is 2.16. The number of amides is 1. The summed E-state index contributed by atoms with van der Waals surface area (Å²) in [5.41, 5.74) is 1.04. The Morgan fingerprint density at radius 1 is 1.25 bits per heavy atom. The Labute approximate surface area is 114 Å². The van der Waals surface area contributed by atoms with Crippen molar-refractivity contribution >= 4 is 17.3 Å². The number of hydrogen-bond donors (Lipinski definition) is 1. The van der Waals surface area contributed by atoms with E-state index in [0.29, 0.717) is 17.9 Å². The molecule has 3 rings (SSSR count). The van der Waals surface area contributed by atoms with Crippen LogP contribution in [0, 0.1) is 0 Å². The van der Waals surface area contributed by atoms with Crippen LogP contribution in [-0.4, -0.2) is 44.3 Å². The van der Waals surface area contributed by atoms with Gasteiger partial charge in [-0.2, -0.15) is 13.2 Å². The third kappa shape index (κ3) is 2.11. The fourth-order valence-corrected chi connectivity index (χ4v) is 2.83. The first-order valence-electron chi connectivity index (χ1n) is 6.43. The van der Waals surface area contributed by atoms with E-state index in [0.717, 1.165) is 18.0 Å². The van der Waals surface area contributed by atoms with Gasteiger partial charge in [-0.3, -0.25) is 4.79 Å². The number of rotatable bonds is 0. The highest BCUT2D eigenvalue weighted by Crippen LogP contribution is 2.37. The van der Waals surface area contributed by atoms with Gasteiger partial charge in [0.05, 0.1) is 17.4 Å². The van der Waals surface area contributed by atoms with E-state index < -0.39 is 12.1 Å². The Hall–Kier alpha value is -1.76. The van der Waals surface area contributed by atoms with Gasteiger partial charge < -0.3 is 15.1 Å². The summed E-state index contributed by atoms with van der Waals surface area (Å²) in [5.74, 6) is -1.80. The molecule has 0 bridgehead atoms. The molecule has 0 saturated carbocycles. The molecule has 1 unspecified atom stereocenters. The number of halogens is 3. The monoisotopic (exact) mass is 285 g/mol. The summed E-state index contributed by atoms with van der Waals surface area (Å²) in [6.07, 6.45) is -4.85. The molecular weight excluding hydrogens is 271 g/mol. The maximum Gasteiger partial charge on any atom is 0.471 e. The zero-order valence-corrected chi connectivity index (χ0v) is 10.7. The lowest BCUT2D eigenvalue weighted by molar-refractivity contribution is -0.170. The molecule has 108 valence electrons. The molecule has 4 nitrogen and oxygen atoms in total. The lowest BCUT2D eigenvalue weighted by atomic mass is 10.0. The van der Waals surface area contributed by atoms with E-state index in [1.165, 1.54) is 0 Å². The number of hydrogen-bond acceptors (Lipinski definition) is 3. The van der Waals surface area contributed by atoms with Crippen LogP contribution in [0.2, 0.25) is 0 Å². The van der Waals surface area contributed by atoms with Gasteiger partial charge in [0.25, 0.3) is 0 Å². The summed E-state index contributed by atoms with van der Waals surface area (Å²) >= 11 is 0. The number of piperazine rings is 1. The predicted molar refractivity (Wildman–Crippen MR) is 68.9 cm³/mol. The molecule has 2 heterocycles. The summed E-state index contributed by atoms with van der Waals surface area (Å²) in [4.78, 5) is 14.5. The van der Waals surface area contributed by atoms with Crippen molar-refractivity contribution in [2.45, 2.75) is 12.2 Å². The van der Waals surface area contributed by atoms with Crippen LogP contribution in [0.15, 0.2) is 24.3 Å². The average Bonchev–Trinajstić information content (AvgIpc) is 2.44. The zero-order valence-electron chi connectivity index (χ0n) is 10.7. The normalized spacial score (nSPS) is 22.2. The molecule has 7 heteroatoms. The molecular formula is C13H14F3N3O. The minimum absolute atomic E-state index is 0.0579. The van der Waals surface area contributed by atoms with Crippen molar-refractivity contribution in [2.75, 3.05) is 36.0 Å². The quantitative estimate of drug-likeness (QED) is 0.782. The van der Waals surface area contributed by atoms with Gasteiger partial charge in [0, 0.05) is 26.2 Å². The highest BCUT2D eigenvalue weighted by Gasteiger charge is 2.46. The minimum Gasteiger partial charge on any atom is -0.363 e. The van der Waals surface area contributed by atoms with E-state index in [4.69, 9.17) is 0 Å². The lowest BCUT2D eigenvalue weighted by Gasteiger charge is -2.46. The van der Waals surface area contributed by atoms with E-state index >= 15 is 0 Å². The van der Waals surface area contributed by atoms with Crippen molar-refractivity contribution in [1.82, 2.24) is 5.32 Å². The van der Waals surface area contributed by atoms with Crippen LogP contribution in [0.5, 0.6) is 0 Å². The first kappa shape index (κ1) is 13.2. The Morgan fingerprint density at radius 3 is 2.65 bits per heavy atom. The number of para-hydroxylation sites is 2. The summed E-state index contributed by atoms with van der Waals surface area (Å²) < 4.78 is 38.2. The van der Waals surface area contributed by atoms with Crippen LogP contribution in [-0.2, 0) is 4.79 Å². The minimum atomic E-state index is -4.85.